The van der Waals surface area contributed by atoms with Crippen LogP contribution >= 0.6 is 0 Å². The van der Waals surface area contributed by atoms with Crippen molar-refractivity contribution >= 4 is 17.4 Å². The Morgan fingerprint density at radius 2 is 1.46 bits per heavy atom. The topological polar surface area (TPSA) is 55.4 Å². The molecule has 0 spiro atoms. The molecule has 3 heterocycles. The molecule has 1 N–H and O–H groups in total. The molecular formula is C30H33N2O3+. The van der Waals surface area contributed by atoms with E-state index >= 15 is 0 Å². The first-order valence-corrected chi connectivity index (χ1v) is 12.6. The molecule has 0 aliphatic carbocycles. The third kappa shape index (κ3) is 5.63. The quantitative estimate of drug-likeness (QED) is 0.361. The van der Waals surface area contributed by atoms with Crippen LogP contribution in [0.4, 0.5) is 5.69 Å². The zero-order valence-corrected chi connectivity index (χ0v) is 20.0. The van der Waals surface area contributed by atoms with Crippen LogP contribution in [0.3, 0.4) is 0 Å². The lowest BCUT2D eigenvalue weighted by Gasteiger charge is -2.51. The SMILES string of the molecule is O=C(Cc1ccccc1)C[N+]12CCC(CC1)[C@@H](OC(=O)[C@H](Nc1ccccc1)c1ccccc1)C2. The summed E-state index contributed by atoms with van der Waals surface area (Å²) in [5.74, 6) is 0.374. The monoisotopic (exact) mass is 469 g/mol. The number of ketones is 1. The average Bonchev–Trinajstić information content (AvgIpc) is 2.89. The summed E-state index contributed by atoms with van der Waals surface area (Å²) < 4.78 is 6.95. The molecule has 0 radical (unpaired) electrons. The Labute approximate surface area is 207 Å². The number of quaternary nitrogens is 1. The number of esters is 1. The van der Waals surface area contributed by atoms with Crippen molar-refractivity contribution in [1.82, 2.24) is 0 Å². The number of ether oxygens (including phenoxy) is 1. The number of hydrogen-bond donors (Lipinski definition) is 1. The minimum atomic E-state index is -0.581. The van der Waals surface area contributed by atoms with Gasteiger partial charge in [0.2, 0.25) is 0 Å². The molecule has 2 atom stereocenters. The summed E-state index contributed by atoms with van der Waals surface area (Å²) in [4.78, 5) is 26.5. The van der Waals surface area contributed by atoms with E-state index in [-0.39, 0.29) is 17.9 Å². The van der Waals surface area contributed by atoms with E-state index in [1.807, 2.05) is 91.0 Å². The molecule has 3 aliphatic rings. The van der Waals surface area contributed by atoms with E-state index in [9.17, 15) is 9.59 Å². The molecule has 5 nitrogen and oxygen atoms in total. The maximum Gasteiger partial charge on any atom is 0.333 e. The van der Waals surface area contributed by atoms with Crippen molar-refractivity contribution in [3.63, 3.8) is 0 Å². The number of hydrogen-bond acceptors (Lipinski definition) is 4. The van der Waals surface area contributed by atoms with E-state index in [1.54, 1.807) is 0 Å². The van der Waals surface area contributed by atoms with Crippen LogP contribution in [0, 0.1) is 5.92 Å². The van der Waals surface area contributed by atoms with E-state index in [0.29, 0.717) is 18.9 Å². The first kappa shape index (κ1) is 23.3. The number of carbonyl (C=O) groups is 2. The lowest BCUT2D eigenvalue weighted by molar-refractivity contribution is -0.939. The van der Waals surface area contributed by atoms with Gasteiger partial charge in [-0.25, -0.2) is 4.79 Å². The van der Waals surface area contributed by atoms with Gasteiger partial charge in [0.15, 0.2) is 17.9 Å². The lowest BCUT2D eigenvalue weighted by atomic mass is 9.82. The highest BCUT2D eigenvalue weighted by molar-refractivity contribution is 5.82. The number of anilines is 1. The summed E-state index contributed by atoms with van der Waals surface area (Å²) in [6.45, 7) is 3.22. The second kappa shape index (κ2) is 10.4. The summed E-state index contributed by atoms with van der Waals surface area (Å²) in [5, 5.41) is 3.36. The number of piperidine rings is 3. The van der Waals surface area contributed by atoms with Crippen LogP contribution in [0.5, 0.6) is 0 Å². The zero-order valence-electron chi connectivity index (χ0n) is 20.0. The molecule has 3 aliphatic heterocycles. The van der Waals surface area contributed by atoms with Gasteiger partial charge in [0.1, 0.15) is 13.1 Å². The molecule has 0 unspecified atom stereocenters. The van der Waals surface area contributed by atoms with Crippen LogP contribution in [0.2, 0.25) is 0 Å². The fourth-order valence-electron chi connectivity index (χ4n) is 5.67. The summed E-state index contributed by atoms with van der Waals surface area (Å²) in [5.41, 5.74) is 2.81. The third-order valence-electron chi connectivity index (χ3n) is 7.52. The lowest BCUT2D eigenvalue weighted by Crippen LogP contribution is -2.66. The highest BCUT2D eigenvalue weighted by Gasteiger charge is 2.48. The van der Waals surface area contributed by atoms with Crippen LogP contribution in [0.25, 0.3) is 0 Å². The molecule has 2 bridgehead atoms. The number of fused-ring (bicyclic) bond motifs is 3. The van der Waals surface area contributed by atoms with Gasteiger partial charge >= 0.3 is 5.97 Å². The van der Waals surface area contributed by atoms with E-state index in [2.05, 4.69) is 5.32 Å². The van der Waals surface area contributed by atoms with Crippen molar-refractivity contribution in [2.75, 3.05) is 31.5 Å². The molecule has 0 aromatic heterocycles. The molecule has 3 saturated heterocycles. The molecule has 35 heavy (non-hydrogen) atoms. The number of nitrogens with zero attached hydrogens (tertiary/aromatic N) is 1. The first-order chi connectivity index (χ1) is 17.1. The number of carbonyl (C=O) groups excluding carboxylic acids is 2. The van der Waals surface area contributed by atoms with E-state index in [0.717, 1.165) is 53.8 Å². The molecule has 6 rings (SSSR count). The Hall–Kier alpha value is -3.44. The Morgan fingerprint density at radius 3 is 2.11 bits per heavy atom. The van der Waals surface area contributed by atoms with Gasteiger partial charge in [-0.3, -0.25) is 4.79 Å². The number of rotatable bonds is 9. The maximum atomic E-state index is 13.5. The normalized spacial score (nSPS) is 23.9. The smallest absolute Gasteiger partial charge is 0.333 e. The van der Waals surface area contributed by atoms with Gasteiger partial charge < -0.3 is 14.5 Å². The van der Waals surface area contributed by atoms with Gasteiger partial charge in [0, 0.05) is 30.9 Å². The Balaban J connectivity index is 1.27. The van der Waals surface area contributed by atoms with E-state index in [1.165, 1.54) is 0 Å². The first-order valence-electron chi connectivity index (χ1n) is 12.6. The summed E-state index contributed by atoms with van der Waals surface area (Å²) >= 11 is 0. The predicted octanol–water partition coefficient (Wildman–Crippen LogP) is 4.80. The largest absolute Gasteiger partial charge is 0.454 e. The highest BCUT2D eigenvalue weighted by atomic mass is 16.5. The van der Waals surface area contributed by atoms with Crippen molar-refractivity contribution < 1.29 is 18.8 Å². The molecule has 3 aromatic carbocycles. The van der Waals surface area contributed by atoms with Crippen LogP contribution < -0.4 is 5.32 Å². The van der Waals surface area contributed by atoms with Gasteiger partial charge in [-0.1, -0.05) is 78.9 Å². The molecule has 5 heteroatoms. The summed E-state index contributed by atoms with van der Waals surface area (Å²) in [6, 6.07) is 28.8. The molecule has 0 saturated carbocycles. The van der Waals surface area contributed by atoms with Crippen LogP contribution in [-0.2, 0) is 20.7 Å². The highest BCUT2D eigenvalue weighted by Crippen LogP contribution is 2.36. The number of nitrogens with one attached hydrogen (secondary N) is 1. The number of benzene rings is 3. The van der Waals surface area contributed by atoms with E-state index < -0.39 is 6.04 Å². The molecule has 0 amide bonds. The van der Waals surface area contributed by atoms with Crippen LogP contribution in [0.15, 0.2) is 91.0 Å². The number of para-hydroxylation sites is 1. The van der Waals surface area contributed by atoms with Gasteiger partial charge in [0.25, 0.3) is 0 Å². The minimum absolute atomic E-state index is 0.154. The van der Waals surface area contributed by atoms with Gasteiger partial charge in [0.05, 0.1) is 13.1 Å². The standard InChI is InChI=1S/C30H33N2O3/c33-27(20-23-10-4-1-5-11-23)21-32-18-16-24(17-19-32)28(22-32)35-30(34)29(25-12-6-2-7-13-25)31-26-14-8-3-9-15-26/h1-15,24,28-29,31H,16-22H2/q+1/t24?,28-,29+,32?/m0/s1. The van der Waals surface area contributed by atoms with Crippen molar-refractivity contribution in [2.45, 2.75) is 31.4 Å². The van der Waals surface area contributed by atoms with Gasteiger partial charge in [-0.15, -0.1) is 0 Å². The predicted molar refractivity (Wildman–Crippen MR) is 137 cm³/mol. The van der Waals surface area contributed by atoms with E-state index in [4.69, 9.17) is 4.74 Å². The zero-order chi connectivity index (χ0) is 24.1. The molecule has 3 aromatic rings. The van der Waals surface area contributed by atoms with Crippen LogP contribution in [0.1, 0.15) is 30.0 Å². The van der Waals surface area contributed by atoms with Gasteiger partial charge in [-0.05, 0) is 23.3 Å². The summed E-state index contributed by atoms with van der Waals surface area (Å²) in [7, 11) is 0. The fourth-order valence-corrected chi connectivity index (χ4v) is 5.67. The van der Waals surface area contributed by atoms with Crippen LogP contribution in [-0.4, -0.2) is 48.5 Å². The van der Waals surface area contributed by atoms with Crippen molar-refractivity contribution in [3.8, 4) is 0 Å². The Kier molecular flexibility index (Phi) is 6.96. The second-order valence-corrected chi connectivity index (χ2v) is 10.00. The molecular weight excluding hydrogens is 436 g/mol. The van der Waals surface area contributed by atoms with Crippen molar-refractivity contribution in [3.05, 3.63) is 102 Å². The van der Waals surface area contributed by atoms with Gasteiger partial charge in [-0.2, -0.15) is 0 Å². The third-order valence-corrected chi connectivity index (χ3v) is 7.52. The van der Waals surface area contributed by atoms with Crippen molar-refractivity contribution in [1.29, 1.82) is 0 Å². The minimum Gasteiger partial charge on any atom is -0.454 e. The van der Waals surface area contributed by atoms with Crippen molar-refractivity contribution in [2.24, 2.45) is 5.92 Å². The summed E-state index contributed by atoms with van der Waals surface area (Å²) in [6.07, 6.45) is 2.31. The Bertz CT molecular complexity index is 1130. The fraction of sp³-hybridized carbons (Fsp3) is 0.333. The number of Topliss-reactive ketones (excluding diaryl/α,β-unsaturated/α-hetero) is 1. The Morgan fingerprint density at radius 1 is 0.857 bits per heavy atom. The molecule has 3 fully saturated rings. The maximum absolute atomic E-state index is 13.5. The molecule has 180 valence electrons. The second-order valence-electron chi connectivity index (χ2n) is 10.00. The average molecular weight is 470 g/mol.